The minimum atomic E-state index is -3.45. The van der Waals surface area contributed by atoms with Crippen molar-refractivity contribution in [3.8, 4) is 0 Å². The van der Waals surface area contributed by atoms with Crippen molar-refractivity contribution in [3.05, 3.63) is 29.8 Å². The third-order valence-corrected chi connectivity index (χ3v) is 5.58. The number of aliphatic carboxylic acids is 1. The van der Waals surface area contributed by atoms with Gasteiger partial charge in [-0.05, 0) is 37.5 Å². The van der Waals surface area contributed by atoms with Crippen molar-refractivity contribution >= 4 is 27.6 Å². The Labute approximate surface area is 141 Å². The molecule has 1 amide bonds. The van der Waals surface area contributed by atoms with Gasteiger partial charge in [-0.1, -0.05) is 25.8 Å². The van der Waals surface area contributed by atoms with Crippen LogP contribution in [0.1, 0.15) is 49.4 Å². The Hall–Kier alpha value is -2.09. The Kier molecular flexibility index (Phi) is 5.48. The van der Waals surface area contributed by atoms with Crippen LogP contribution in [0, 0.1) is 0 Å². The molecule has 0 heterocycles. The van der Waals surface area contributed by atoms with Crippen LogP contribution in [0.15, 0.2) is 24.3 Å². The average Bonchev–Trinajstić information content (AvgIpc) is 2.96. The Bertz CT molecular complexity index is 724. The molecule has 0 aliphatic heterocycles. The monoisotopic (exact) mass is 354 g/mol. The summed E-state index contributed by atoms with van der Waals surface area (Å²) in [6.07, 6.45) is 2.79. The van der Waals surface area contributed by atoms with Crippen LogP contribution in [-0.2, 0) is 14.8 Å². The Morgan fingerprint density at radius 1 is 1.25 bits per heavy atom. The minimum absolute atomic E-state index is 0.00838. The van der Waals surface area contributed by atoms with Gasteiger partial charge in [0.1, 0.15) is 5.54 Å². The maximum absolute atomic E-state index is 12.4. The predicted octanol–water partition coefficient (Wildman–Crippen LogP) is 1.97. The summed E-state index contributed by atoms with van der Waals surface area (Å²) in [6.45, 7) is 1.76. The third-order valence-electron chi connectivity index (χ3n) is 4.09. The molecular weight excluding hydrogens is 332 g/mol. The van der Waals surface area contributed by atoms with E-state index in [-0.39, 0.29) is 17.0 Å². The number of amides is 1. The lowest BCUT2D eigenvalue weighted by atomic mass is 9.97. The molecule has 132 valence electrons. The number of carboxylic acid groups (broad SMARTS) is 1. The maximum atomic E-state index is 12.4. The molecule has 1 fully saturated rings. The number of hydrogen-bond donors (Lipinski definition) is 3. The molecule has 0 spiro atoms. The molecule has 8 heteroatoms. The van der Waals surface area contributed by atoms with Crippen LogP contribution in [0.4, 0.5) is 5.69 Å². The topological polar surface area (TPSA) is 113 Å². The lowest BCUT2D eigenvalue weighted by Gasteiger charge is -2.25. The van der Waals surface area contributed by atoms with Crippen LogP contribution in [0.3, 0.4) is 0 Å². The van der Waals surface area contributed by atoms with Gasteiger partial charge in [0.05, 0.1) is 5.75 Å². The van der Waals surface area contributed by atoms with E-state index < -0.39 is 27.4 Å². The molecule has 1 aromatic rings. The Morgan fingerprint density at radius 2 is 1.92 bits per heavy atom. The number of carboxylic acids is 1. The van der Waals surface area contributed by atoms with Gasteiger partial charge in [-0.15, -0.1) is 0 Å². The highest BCUT2D eigenvalue weighted by Gasteiger charge is 2.42. The minimum Gasteiger partial charge on any atom is -0.480 e. The second-order valence-electron chi connectivity index (χ2n) is 6.05. The molecule has 1 aromatic carbocycles. The van der Waals surface area contributed by atoms with Crippen molar-refractivity contribution in [2.45, 2.75) is 44.6 Å². The zero-order chi connectivity index (χ0) is 17.8. The fourth-order valence-electron chi connectivity index (χ4n) is 2.88. The quantitative estimate of drug-likeness (QED) is 0.693. The van der Waals surface area contributed by atoms with E-state index in [9.17, 15) is 23.1 Å². The summed E-state index contributed by atoms with van der Waals surface area (Å²) in [7, 11) is -3.45. The highest BCUT2D eigenvalue weighted by molar-refractivity contribution is 7.92. The number of hydrogen-bond acceptors (Lipinski definition) is 4. The summed E-state index contributed by atoms with van der Waals surface area (Å²) in [4.78, 5) is 23.9. The second kappa shape index (κ2) is 7.21. The van der Waals surface area contributed by atoms with Gasteiger partial charge < -0.3 is 10.4 Å². The summed E-state index contributed by atoms with van der Waals surface area (Å²) >= 11 is 0. The average molecular weight is 354 g/mol. The predicted molar refractivity (Wildman–Crippen MR) is 90.4 cm³/mol. The van der Waals surface area contributed by atoms with Crippen molar-refractivity contribution in [3.63, 3.8) is 0 Å². The van der Waals surface area contributed by atoms with Gasteiger partial charge in [0.25, 0.3) is 5.91 Å². The van der Waals surface area contributed by atoms with Crippen LogP contribution in [0.2, 0.25) is 0 Å². The van der Waals surface area contributed by atoms with Crippen LogP contribution in [0.25, 0.3) is 0 Å². The van der Waals surface area contributed by atoms with Gasteiger partial charge >= 0.3 is 5.97 Å². The molecule has 7 nitrogen and oxygen atoms in total. The summed E-state index contributed by atoms with van der Waals surface area (Å²) in [5.41, 5.74) is -0.722. The first kappa shape index (κ1) is 18.3. The molecule has 0 atom stereocenters. The molecule has 2 rings (SSSR count). The first-order valence-corrected chi connectivity index (χ1v) is 9.60. The Morgan fingerprint density at radius 3 is 2.50 bits per heavy atom. The zero-order valence-electron chi connectivity index (χ0n) is 13.5. The van der Waals surface area contributed by atoms with Gasteiger partial charge in [0, 0.05) is 11.3 Å². The fourth-order valence-corrected chi connectivity index (χ4v) is 4.01. The maximum Gasteiger partial charge on any atom is 0.329 e. The summed E-state index contributed by atoms with van der Waals surface area (Å²) in [5, 5.41) is 12.0. The molecule has 1 aliphatic carbocycles. The van der Waals surface area contributed by atoms with E-state index in [0.29, 0.717) is 19.3 Å². The van der Waals surface area contributed by atoms with Gasteiger partial charge in [-0.3, -0.25) is 9.52 Å². The standard InChI is InChI=1S/C16H22N2O5S/c1-2-10-24(22,23)18-13-7-5-6-12(11-13)14(19)17-16(15(20)21)8-3-4-9-16/h5-7,11,18H,2-4,8-10H2,1H3,(H,17,19)(H,20,21). The SMILES string of the molecule is CCCS(=O)(=O)Nc1cccc(C(=O)NC2(C(=O)O)CCCC2)c1. The largest absolute Gasteiger partial charge is 0.480 e. The zero-order valence-corrected chi connectivity index (χ0v) is 14.4. The van der Waals surface area contributed by atoms with E-state index >= 15 is 0 Å². The molecule has 0 aromatic heterocycles. The number of anilines is 1. The number of carbonyl (C=O) groups excluding carboxylic acids is 1. The van der Waals surface area contributed by atoms with Crippen molar-refractivity contribution in [1.29, 1.82) is 0 Å². The van der Waals surface area contributed by atoms with Crippen LogP contribution in [0.5, 0.6) is 0 Å². The van der Waals surface area contributed by atoms with Crippen molar-refractivity contribution in [2.24, 2.45) is 0 Å². The molecule has 0 saturated heterocycles. The molecule has 0 bridgehead atoms. The van der Waals surface area contributed by atoms with Gasteiger partial charge in [-0.25, -0.2) is 13.2 Å². The van der Waals surface area contributed by atoms with E-state index in [1.807, 2.05) is 0 Å². The van der Waals surface area contributed by atoms with Crippen molar-refractivity contribution in [1.82, 2.24) is 5.32 Å². The lowest BCUT2D eigenvalue weighted by molar-refractivity contribution is -0.144. The Balaban J connectivity index is 2.16. The molecule has 3 N–H and O–H groups in total. The van der Waals surface area contributed by atoms with Crippen LogP contribution < -0.4 is 10.0 Å². The van der Waals surface area contributed by atoms with Crippen molar-refractivity contribution in [2.75, 3.05) is 10.5 Å². The van der Waals surface area contributed by atoms with Gasteiger partial charge in [0.15, 0.2) is 0 Å². The highest BCUT2D eigenvalue weighted by Crippen LogP contribution is 2.30. The van der Waals surface area contributed by atoms with E-state index in [0.717, 1.165) is 12.8 Å². The summed E-state index contributed by atoms with van der Waals surface area (Å²) in [6, 6.07) is 6.04. The number of carbonyl (C=O) groups is 2. The van der Waals surface area contributed by atoms with E-state index in [1.54, 1.807) is 19.1 Å². The number of sulfonamides is 1. The van der Waals surface area contributed by atoms with Gasteiger partial charge in [-0.2, -0.15) is 0 Å². The smallest absolute Gasteiger partial charge is 0.329 e. The molecule has 1 saturated carbocycles. The van der Waals surface area contributed by atoms with E-state index in [4.69, 9.17) is 0 Å². The van der Waals surface area contributed by atoms with Crippen LogP contribution in [-0.4, -0.2) is 36.7 Å². The number of benzene rings is 1. The van der Waals surface area contributed by atoms with E-state index in [1.165, 1.54) is 12.1 Å². The molecule has 1 aliphatic rings. The highest BCUT2D eigenvalue weighted by atomic mass is 32.2. The summed E-state index contributed by atoms with van der Waals surface area (Å²) < 4.78 is 26.0. The van der Waals surface area contributed by atoms with E-state index in [2.05, 4.69) is 10.0 Å². The molecular formula is C16H22N2O5S. The fraction of sp³-hybridized carbons (Fsp3) is 0.500. The lowest BCUT2D eigenvalue weighted by Crippen LogP contribution is -2.52. The normalized spacial score (nSPS) is 16.5. The van der Waals surface area contributed by atoms with Crippen molar-refractivity contribution < 1.29 is 23.1 Å². The summed E-state index contributed by atoms with van der Waals surface area (Å²) in [5.74, 6) is -1.56. The third kappa shape index (κ3) is 4.25. The first-order valence-electron chi connectivity index (χ1n) is 7.94. The van der Waals surface area contributed by atoms with Crippen LogP contribution >= 0.6 is 0 Å². The number of rotatable bonds is 7. The number of nitrogens with one attached hydrogen (secondary N) is 2. The molecule has 24 heavy (non-hydrogen) atoms. The van der Waals surface area contributed by atoms with Gasteiger partial charge in [0.2, 0.25) is 10.0 Å². The second-order valence-corrected chi connectivity index (χ2v) is 7.89. The molecule has 0 unspecified atom stereocenters. The molecule has 0 radical (unpaired) electrons. The first-order chi connectivity index (χ1) is 11.3.